The molecule has 0 radical (unpaired) electrons. The molecule has 4 rings (SSSR count). The van der Waals surface area contributed by atoms with Gasteiger partial charge in [0.15, 0.2) is 6.61 Å². The van der Waals surface area contributed by atoms with Crippen LogP contribution < -0.4 is 20.3 Å². The number of para-hydroxylation sites is 1. The van der Waals surface area contributed by atoms with Crippen molar-refractivity contribution < 1.29 is 19.4 Å². The summed E-state index contributed by atoms with van der Waals surface area (Å²) in [5, 5.41) is 15.7. The number of carbonyl (C=O) groups is 2. The van der Waals surface area contributed by atoms with Crippen LogP contribution in [0.4, 0.5) is 11.4 Å². The van der Waals surface area contributed by atoms with Crippen LogP contribution in [0.25, 0.3) is 0 Å². The highest BCUT2D eigenvalue weighted by atomic mass is 16.5. The van der Waals surface area contributed by atoms with Gasteiger partial charge in [0.25, 0.3) is 5.91 Å². The molecule has 152 valence electrons. The number of hydrogen-bond acceptors (Lipinski definition) is 5. The second-order valence-electron chi connectivity index (χ2n) is 7.58. The maximum absolute atomic E-state index is 12.6. The second kappa shape index (κ2) is 8.13. The van der Waals surface area contributed by atoms with Gasteiger partial charge in [-0.05, 0) is 42.7 Å². The number of benzene rings is 2. The van der Waals surface area contributed by atoms with Crippen molar-refractivity contribution in [1.82, 2.24) is 5.32 Å². The van der Waals surface area contributed by atoms with Crippen molar-refractivity contribution in [2.45, 2.75) is 31.9 Å². The quantitative estimate of drug-likeness (QED) is 0.721. The molecule has 2 aliphatic rings. The molecule has 1 fully saturated rings. The molecule has 1 saturated heterocycles. The van der Waals surface area contributed by atoms with Gasteiger partial charge in [0.1, 0.15) is 5.75 Å². The number of amides is 2. The summed E-state index contributed by atoms with van der Waals surface area (Å²) in [6.07, 6.45) is 0.660. The van der Waals surface area contributed by atoms with Gasteiger partial charge in [0.05, 0.1) is 24.3 Å². The predicted octanol–water partition coefficient (Wildman–Crippen LogP) is 2.01. The summed E-state index contributed by atoms with van der Waals surface area (Å²) < 4.78 is 5.35. The third-order valence-electron chi connectivity index (χ3n) is 5.33. The van der Waals surface area contributed by atoms with Crippen LogP contribution in [-0.4, -0.2) is 42.7 Å². The maximum Gasteiger partial charge on any atom is 0.262 e. The number of hydrogen-bond donors (Lipinski definition) is 3. The van der Waals surface area contributed by atoms with Gasteiger partial charge in [-0.25, -0.2) is 0 Å². The normalized spacial score (nSPS) is 19.2. The van der Waals surface area contributed by atoms with Crippen LogP contribution in [0.1, 0.15) is 30.5 Å². The van der Waals surface area contributed by atoms with Crippen molar-refractivity contribution in [2.24, 2.45) is 0 Å². The molecule has 2 atom stereocenters. The van der Waals surface area contributed by atoms with E-state index in [4.69, 9.17) is 4.74 Å². The van der Waals surface area contributed by atoms with E-state index in [2.05, 4.69) is 15.5 Å². The number of carbonyl (C=O) groups excluding carboxylic acids is 2. The molecule has 3 N–H and O–H groups in total. The van der Waals surface area contributed by atoms with Crippen molar-refractivity contribution in [3.05, 3.63) is 53.6 Å². The zero-order valence-electron chi connectivity index (χ0n) is 16.4. The number of β-amino-alcohol motifs (C(OH)–C–C–N with tert-alkyl or cyclic N) is 1. The zero-order chi connectivity index (χ0) is 20.4. The van der Waals surface area contributed by atoms with Crippen LogP contribution in [-0.2, 0) is 16.0 Å². The Morgan fingerprint density at radius 3 is 2.97 bits per heavy atom. The van der Waals surface area contributed by atoms with Gasteiger partial charge in [-0.15, -0.1) is 0 Å². The average molecular weight is 395 g/mol. The summed E-state index contributed by atoms with van der Waals surface area (Å²) >= 11 is 0. The lowest BCUT2D eigenvalue weighted by atomic mass is 10.0. The van der Waals surface area contributed by atoms with E-state index >= 15 is 0 Å². The number of nitrogens with one attached hydrogen (secondary N) is 2. The molecule has 29 heavy (non-hydrogen) atoms. The molecule has 2 aliphatic heterocycles. The summed E-state index contributed by atoms with van der Waals surface area (Å²) in [5.41, 5.74) is 3.47. The highest BCUT2D eigenvalue weighted by Crippen LogP contribution is 2.30. The fourth-order valence-electron chi connectivity index (χ4n) is 3.90. The van der Waals surface area contributed by atoms with E-state index in [-0.39, 0.29) is 37.0 Å². The number of ether oxygens (including phenoxy) is 1. The van der Waals surface area contributed by atoms with Gasteiger partial charge in [0, 0.05) is 18.8 Å². The standard InChI is InChI=1S/C22H25N3O4/c1-14(17-4-2-3-5-19(17)25-9-8-16(26)12-25)23-21(27)11-15-6-7-20-18(10-15)24-22(28)13-29-20/h2-7,10,14,16,26H,8-9,11-13H2,1H3,(H,23,27)(H,24,28)/t14-,16-/m0/s1. The first-order chi connectivity index (χ1) is 14.0. The molecule has 0 aromatic heterocycles. The van der Waals surface area contributed by atoms with E-state index in [0.717, 1.165) is 29.8 Å². The Morgan fingerprint density at radius 1 is 1.34 bits per heavy atom. The van der Waals surface area contributed by atoms with Gasteiger partial charge in [-0.2, -0.15) is 0 Å². The van der Waals surface area contributed by atoms with E-state index in [0.29, 0.717) is 18.0 Å². The number of aliphatic hydroxyl groups excluding tert-OH is 1. The molecular weight excluding hydrogens is 370 g/mol. The summed E-state index contributed by atoms with van der Waals surface area (Å²) in [7, 11) is 0. The van der Waals surface area contributed by atoms with E-state index in [1.165, 1.54) is 0 Å². The lowest BCUT2D eigenvalue weighted by Gasteiger charge is -2.25. The molecule has 2 aromatic rings. The minimum atomic E-state index is -0.304. The van der Waals surface area contributed by atoms with Crippen molar-refractivity contribution >= 4 is 23.2 Å². The molecule has 0 bridgehead atoms. The van der Waals surface area contributed by atoms with Crippen LogP contribution in [0, 0.1) is 0 Å². The average Bonchev–Trinajstić information content (AvgIpc) is 3.13. The smallest absolute Gasteiger partial charge is 0.262 e. The Kier molecular flexibility index (Phi) is 5.40. The van der Waals surface area contributed by atoms with Crippen LogP contribution in [0.3, 0.4) is 0 Å². The molecule has 2 aromatic carbocycles. The van der Waals surface area contributed by atoms with E-state index < -0.39 is 0 Å². The summed E-state index contributed by atoms with van der Waals surface area (Å²) in [5.74, 6) is 0.317. The fraction of sp³-hybridized carbons (Fsp3) is 0.364. The Hall–Kier alpha value is -3.06. The molecular formula is C22H25N3O4. The first-order valence-corrected chi connectivity index (χ1v) is 9.86. The minimum Gasteiger partial charge on any atom is -0.482 e. The van der Waals surface area contributed by atoms with Crippen molar-refractivity contribution in [2.75, 3.05) is 29.9 Å². The van der Waals surface area contributed by atoms with Gasteiger partial charge < -0.3 is 25.4 Å². The van der Waals surface area contributed by atoms with Gasteiger partial charge in [-0.3, -0.25) is 9.59 Å². The molecule has 2 heterocycles. The number of fused-ring (bicyclic) bond motifs is 1. The number of aliphatic hydroxyl groups is 1. The highest BCUT2D eigenvalue weighted by molar-refractivity contribution is 5.95. The van der Waals surface area contributed by atoms with Crippen molar-refractivity contribution in [1.29, 1.82) is 0 Å². The number of nitrogens with zero attached hydrogens (tertiary/aromatic N) is 1. The Morgan fingerprint density at radius 2 is 2.17 bits per heavy atom. The van der Waals surface area contributed by atoms with Crippen LogP contribution >= 0.6 is 0 Å². The van der Waals surface area contributed by atoms with E-state index in [1.54, 1.807) is 12.1 Å². The molecule has 0 aliphatic carbocycles. The van der Waals surface area contributed by atoms with Crippen molar-refractivity contribution in [3.8, 4) is 5.75 Å². The van der Waals surface area contributed by atoms with Crippen LogP contribution in [0.2, 0.25) is 0 Å². The first kappa shape index (κ1) is 19.3. The molecule has 0 unspecified atom stereocenters. The van der Waals surface area contributed by atoms with Gasteiger partial charge in [-0.1, -0.05) is 24.3 Å². The monoisotopic (exact) mass is 395 g/mol. The lowest BCUT2D eigenvalue weighted by molar-refractivity contribution is -0.121. The number of rotatable bonds is 5. The molecule has 7 heteroatoms. The van der Waals surface area contributed by atoms with Crippen molar-refractivity contribution in [3.63, 3.8) is 0 Å². The maximum atomic E-state index is 12.6. The number of anilines is 2. The fourth-order valence-corrected chi connectivity index (χ4v) is 3.90. The molecule has 2 amide bonds. The molecule has 7 nitrogen and oxygen atoms in total. The third kappa shape index (κ3) is 4.35. The van der Waals surface area contributed by atoms with Crippen LogP contribution in [0.5, 0.6) is 5.75 Å². The molecule has 0 spiro atoms. The van der Waals surface area contributed by atoms with Gasteiger partial charge in [0.2, 0.25) is 5.91 Å². The topological polar surface area (TPSA) is 90.9 Å². The Balaban J connectivity index is 1.43. The second-order valence-corrected chi connectivity index (χ2v) is 7.58. The third-order valence-corrected chi connectivity index (χ3v) is 5.33. The Labute approximate surface area is 169 Å². The largest absolute Gasteiger partial charge is 0.482 e. The lowest BCUT2D eigenvalue weighted by Crippen LogP contribution is -2.30. The SMILES string of the molecule is C[C@H](NC(=O)Cc1ccc2c(c1)NC(=O)CO2)c1ccccc1N1CC[C@H](O)C1. The van der Waals surface area contributed by atoms with Crippen LogP contribution in [0.15, 0.2) is 42.5 Å². The van der Waals surface area contributed by atoms with E-state index in [9.17, 15) is 14.7 Å². The molecule has 0 saturated carbocycles. The summed E-state index contributed by atoms with van der Waals surface area (Å²) in [6, 6.07) is 13.2. The highest BCUT2D eigenvalue weighted by Gasteiger charge is 2.24. The summed E-state index contributed by atoms with van der Waals surface area (Å²) in [4.78, 5) is 26.3. The summed E-state index contributed by atoms with van der Waals surface area (Å²) in [6.45, 7) is 3.39. The predicted molar refractivity (Wildman–Crippen MR) is 110 cm³/mol. The zero-order valence-corrected chi connectivity index (χ0v) is 16.4. The Bertz CT molecular complexity index is 930. The van der Waals surface area contributed by atoms with Gasteiger partial charge >= 0.3 is 0 Å². The minimum absolute atomic E-state index is 0.0117. The van der Waals surface area contributed by atoms with E-state index in [1.807, 2.05) is 37.3 Å². The first-order valence-electron chi connectivity index (χ1n) is 9.86.